The molecule has 122 valence electrons. The highest BCUT2D eigenvalue weighted by Crippen LogP contribution is 2.34. The highest BCUT2D eigenvalue weighted by atomic mass is 79.9. The molecule has 22 heavy (non-hydrogen) atoms. The van der Waals surface area contributed by atoms with Crippen molar-refractivity contribution < 1.29 is 22.7 Å². The molecule has 0 amide bonds. The van der Waals surface area contributed by atoms with Crippen LogP contribution >= 0.6 is 15.9 Å². The lowest BCUT2D eigenvalue weighted by Gasteiger charge is -2.32. The summed E-state index contributed by atoms with van der Waals surface area (Å²) in [4.78, 5) is 13.5. The molecular weight excluding hydrogens is 363 g/mol. The van der Waals surface area contributed by atoms with Crippen molar-refractivity contribution in [2.75, 3.05) is 20.2 Å². The molecule has 0 aliphatic carbocycles. The molecule has 1 aliphatic rings. The van der Waals surface area contributed by atoms with Crippen LogP contribution in [0.4, 0.5) is 13.2 Å². The van der Waals surface area contributed by atoms with Crippen molar-refractivity contribution in [1.29, 1.82) is 0 Å². The second-order valence-corrected chi connectivity index (χ2v) is 6.25. The number of likely N-dealkylation sites (tertiary alicyclic amines) is 1. The molecule has 3 nitrogen and oxygen atoms in total. The number of rotatable bonds is 3. The maximum absolute atomic E-state index is 12.6. The standard InChI is InChI=1S/C15H17BrF3NO2/c1-22-14(21)12-3-2-10(8-13(12)16)9-20-6-4-11(5-7-20)15(17,18)19/h2-3,8,11H,4-7,9H2,1H3. The summed E-state index contributed by atoms with van der Waals surface area (Å²) in [6.07, 6.45) is -3.80. The average Bonchev–Trinajstić information content (AvgIpc) is 2.46. The summed E-state index contributed by atoms with van der Waals surface area (Å²) < 4.78 is 43.2. The fraction of sp³-hybridized carbons (Fsp3) is 0.533. The molecule has 1 aromatic carbocycles. The number of halogens is 4. The number of piperidine rings is 1. The number of benzene rings is 1. The maximum Gasteiger partial charge on any atom is 0.391 e. The van der Waals surface area contributed by atoms with Crippen LogP contribution in [0.2, 0.25) is 0 Å². The van der Waals surface area contributed by atoms with Gasteiger partial charge >= 0.3 is 12.1 Å². The number of alkyl halides is 3. The van der Waals surface area contributed by atoms with E-state index in [0.717, 1.165) is 5.56 Å². The van der Waals surface area contributed by atoms with Gasteiger partial charge in [0.2, 0.25) is 0 Å². The molecule has 0 aromatic heterocycles. The Morgan fingerprint density at radius 1 is 1.36 bits per heavy atom. The Balaban J connectivity index is 1.95. The number of methoxy groups -OCH3 is 1. The normalized spacial score (nSPS) is 17.5. The highest BCUT2D eigenvalue weighted by molar-refractivity contribution is 9.10. The van der Waals surface area contributed by atoms with Crippen molar-refractivity contribution in [2.45, 2.75) is 25.6 Å². The first-order valence-electron chi connectivity index (χ1n) is 6.97. The van der Waals surface area contributed by atoms with Gasteiger partial charge in [-0.3, -0.25) is 4.90 Å². The summed E-state index contributed by atoms with van der Waals surface area (Å²) >= 11 is 3.32. The van der Waals surface area contributed by atoms with Crippen LogP contribution in [0.1, 0.15) is 28.8 Å². The first-order chi connectivity index (χ1) is 10.3. The van der Waals surface area contributed by atoms with Gasteiger partial charge in [-0.05, 0) is 59.6 Å². The maximum atomic E-state index is 12.6. The monoisotopic (exact) mass is 379 g/mol. The van der Waals surface area contributed by atoms with Gasteiger partial charge in [-0.2, -0.15) is 13.2 Å². The molecule has 1 aromatic rings. The molecule has 0 radical (unpaired) electrons. The van der Waals surface area contributed by atoms with E-state index in [2.05, 4.69) is 20.7 Å². The van der Waals surface area contributed by atoms with E-state index in [9.17, 15) is 18.0 Å². The van der Waals surface area contributed by atoms with E-state index < -0.39 is 18.1 Å². The lowest BCUT2D eigenvalue weighted by Crippen LogP contribution is -2.38. The van der Waals surface area contributed by atoms with Crippen LogP contribution in [0.15, 0.2) is 22.7 Å². The molecule has 0 bridgehead atoms. The van der Waals surface area contributed by atoms with Gasteiger partial charge in [0.25, 0.3) is 0 Å². The number of ether oxygens (including phenoxy) is 1. The summed E-state index contributed by atoms with van der Waals surface area (Å²) in [5.74, 6) is -1.61. The second kappa shape index (κ2) is 7.00. The number of nitrogens with zero attached hydrogens (tertiary/aromatic N) is 1. The minimum Gasteiger partial charge on any atom is -0.465 e. The zero-order valence-corrected chi connectivity index (χ0v) is 13.7. The van der Waals surface area contributed by atoms with Crippen LogP contribution in [-0.4, -0.2) is 37.2 Å². The molecule has 1 aliphatic heterocycles. The van der Waals surface area contributed by atoms with Gasteiger partial charge in [0.05, 0.1) is 18.6 Å². The minimum atomic E-state index is -4.09. The number of carbonyl (C=O) groups excluding carboxylic acids is 1. The van der Waals surface area contributed by atoms with E-state index >= 15 is 0 Å². The van der Waals surface area contributed by atoms with E-state index in [-0.39, 0.29) is 12.8 Å². The summed E-state index contributed by atoms with van der Waals surface area (Å²) in [6.45, 7) is 1.44. The van der Waals surface area contributed by atoms with E-state index in [1.165, 1.54) is 7.11 Å². The number of hydrogen-bond acceptors (Lipinski definition) is 3. The zero-order valence-electron chi connectivity index (χ0n) is 12.1. The van der Waals surface area contributed by atoms with Crippen molar-refractivity contribution in [1.82, 2.24) is 4.90 Å². The number of hydrogen-bond donors (Lipinski definition) is 0. The molecule has 0 unspecified atom stereocenters. The largest absolute Gasteiger partial charge is 0.465 e. The molecule has 0 saturated carbocycles. The summed E-state index contributed by atoms with van der Waals surface area (Å²) in [7, 11) is 1.31. The van der Waals surface area contributed by atoms with Crippen LogP contribution in [0.3, 0.4) is 0 Å². The van der Waals surface area contributed by atoms with Gasteiger partial charge in [0.1, 0.15) is 0 Å². The van der Waals surface area contributed by atoms with Gasteiger partial charge in [-0.15, -0.1) is 0 Å². The van der Waals surface area contributed by atoms with Crippen molar-refractivity contribution >= 4 is 21.9 Å². The topological polar surface area (TPSA) is 29.5 Å². The average molecular weight is 380 g/mol. The van der Waals surface area contributed by atoms with E-state index in [1.54, 1.807) is 12.1 Å². The molecule has 2 rings (SSSR count). The predicted octanol–water partition coefficient (Wildman–Crippen LogP) is 4.01. The van der Waals surface area contributed by atoms with Gasteiger partial charge in [0, 0.05) is 11.0 Å². The fourth-order valence-electron chi connectivity index (χ4n) is 2.61. The van der Waals surface area contributed by atoms with Gasteiger partial charge in [-0.25, -0.2) is 4.79 Å². The summed E-state index contributed by atoms with van der Waals surface area (Å²) in [6, 6.07) is 5.27. The summed E-state index contributed by atoms with van der Waals surface area (Å²) in [5, 5.41) is 0. The van der Waals surface area contributed by atoms with Crippen LogP contribution in [0, 0.1) is 5.92 Å². The third-order valence-corrected chi connectivity index (χ3v) is 4.55. The van der Waals surface area contributed by atoms with Crippen LogP contribution in [-0.2, 0) is 11.3 Å². The Morgan fingerprint density at radius 2 is 2.00 bits per heavy atom. The third kappa shape index (κ3) is 4.23. The van der Waals surface area contributed by atoms with E-state index in [4.69, 9.17) is 0 Å². The third-order valence-electron chi connectivity index (χ3n) is 3.90. The number of esters is 1. The highest BCUT2D eigenvalue weighted by Gasteiger charge is 2.40. The molecule has 7 heteroatoms. The smallest absolute Gasteiger partial charge is 0.391 e. The Kier molecular flexibility index (Phi) is 5.50. The van der Waals surface area contributed by atoms with Gasteiger partial charge in [-0.1, -0.05) is 6.07 Å². The Hall–Kier alpha value is -1.08. The van der Waals surface area contributed by atoms with Gasteiger partial charge in [0.15, 0.2) is 0 Å². The Bertz CT molecular complexity index is 540. The molecule has 1 heterocycles. The van der Waals surface area contributed by atoms with Crippen molar-refractivity contribution in [2.24, 2.45) is 5.92 Å². The Labute approximate surface area is 135 Å². The summed E-state index contributed by atoms with van der Waals surface area (Å²) in [5.41, 5.74) is 1.38. The fourth-order valence-corrected chi connectivity index (χ4v) is 3.20. The van der Waals surface area contributed by atoms with E-state index in [1.807, 2.05) is 11.0 Å². The lowest BCUT2D eigenvalue weighted by molar-refractivity contribution is -0.185. The Morgan fingerprint density at radius 3 is 2.50 bits per heavy atom. The van der Waals surface area contributed by atoms with E-state index in [0.29, 0.717) is 29.7 Å². The number of carbonyl (C=O) groups is 1. The molecule has 0 atom stereocenters. The minimum absolute atomic E-state index is 0.144. The predicted molar refractivity (Wildman–Crippen MR) is 79.5 cm³/mol. The molecule has 1 saturated heterocycles. The lowest BCUT2D eigenvalue weighted by atomic mass is 9.96. The van der Waals surface area contributed by atoms with Crippen molar-refractivity contribution in [3.8, 4) is 0 Å². The zero-order chi connectivity index (χ0) is 16.3. The quantitative estimate of drug-likeness (QED) is 0.743. The van der Waals surface area contributed by atoms with Gasteiger partial charge < -0.3 is 4.74 Å². The first-order valence-corrected chi connectivity index (χ1v) is 7.76. The molecule has 0 spiro atoms. The second-order valence-electron chi connectivity index (χ2n) is 5.40. The van der Waals surface area contributed by atoms with Crippen molar-refractivity contribution in [3.05, 3.63) is 33.8 Å². The van der Waals surface area contributed by atoms with Crippen molar-refractivity contribution in [3.63, 3.8) is 0 Å². The molecular formula is C15H17BrF3NO2. The molecule has 0 N–H and O–H groups in total. The molecule has 1 fully saturated rings. The van der Waals surface area contributed by atoms with Crippen LogP contribution < -0.4 is 0 Å². The SMILES string of the molecule is COC(=O)c1ccc(CN2CCC(C(F)(F)F)CC2)cc1Br. The van der Waals surface area contributed by atoms with Crippen LogP contribution in [0.25, 0.3) is 0 Å². The van der Waals surface area contributed by atoms with Crippen LogP contribution in [0.5, 0.6) is 0 Å². The first kappa shape index (κ1) is 17.3.